The average molecular weight is 843 g/mol. The minimum absolute atomic E-state index is 0.0159. The van der Waals surface area contributed by atoms with Gasteiger partial charge in [-0.3, -0.25) is 39.1 Å². The molecule has 3 aromatic rings. The van der Waals surface area contributed by atoms with Crippen molar-refractivity contribution in [2.45, 2.75) is 84.2 Å². The Labute approximate surface area is 357 Å². The molecule has 7 aliphatic rings. The van der Waals surface area contributed by atoms with Gasteiger partial charge in [-0.05, 0) is 72.7 Å². The lowest BCUT2D eigenvalue weighted by molar-refractivity contribution is -0.199. The van der Waals surface area contributed by atoms with Gasteiger partial charge in [0.05, 0.1) is 27.4 Å². The van der Waals surface area contributed by atoms with Crippen LogP contribution >= 0.6 is 11.6 Å². The van der Waals surface area contributed by atoms with Gasteiger partial charge in [-0.2, -0.15) is 5.26 Å². The molecule has 14 heteroatoms. The normalized spacial score (nSPS) is 26.0. The second kappa shape index (κ2) is 13.6. The van der Waals surface area contributed by atoms with Gasteiger partial charge in [0, 0.05) is 85.2 Å². The highest BCUT2D eigenvalue weighted by Crippen LogP contribution is 2.59. The molecule has 5 fully saturated rings. The fourth-order valence-corrected chi connectivity index (χ4v) is 12.1. The van der Waals surface area contributed by atoms with Gasteiger partial charge in [-0.25, -0.2) is 4.39 Å². The Morgan fingerprint density at radius 3 is 2.26 bits per heavy atom. The summed E-state index contributed by atoms with van der Waals surface area (Å²) in [5, 5.41) is 11.8. The van der Waals surface area contributed by atoms with Crippen molar-refractivity contribution in [3.05, 3.63) is 92.8 Å². The molecule has 312 valence electrons. The average Bonchev–Trinajstić information content (AvgIpc) is 3.59. The van der Waals surface area contributed by atoms with Crippen molar-refractivity contribution in [3.8, 4) is 23.7 Å². The number of nitrogens with zero attached hydrogens (tertiary/aromatic N) is 5. The van der Waals surface area contributed by atoms with E-state index in [9.17, 15) is 29.2 Å². The van der Waals surface area contributed by atoms with Gasteiger partial charge in [0.15, 0.2) is 0 Å². The Morgan fingerprint density at radius 1 is 0.885 bits per heavy atom. The van der Waals surface area contributed by atoms with E-state index in [2.05, 4.69) is 61.9 Å². The lowest BCUT2D eigenvalue weighted by atomic mass is 9.49. The number of piperidine rings is 1. The minimum Gasteiger partial charge on any atom is -0.489 e. The highest BCUT2D eigenvalue weighted by Gasteiger charge is 2.67. The van der Waals surface area contributed by atoms with Gasteiger partial charge in [-0.15, -0.1) is 0 Å². The van der Waals surface area contributed by atoms with Crippen molar-refractivity contribution in [2.75, 3.05) is 31.1 Å². The van der Waals surface area contributed by atoms with Crippen LogP contribution in [-0.4, -0.2) is 94.6 Å². The van der Waals surface area contributed by atoms with E-state index in [1.807, 2.05) is 21.9 Å². The van der Waals surface area contributed by atoms with Crippen LogP contribution in [-0.2, 0) is 16.1 Å². The van der Waals surface area contributed by atoms with E-state index in [1.165, 1.54) is 6.07 Å². The quantitative estimate of drug-likeness (QED) is 0.250. The number of halogens is 2. The first-order valence-corrected chi connectivity index (χ1v) is 21.2. The molecule has 12 nitrogen and oxygen atoms in total. The molecule has 1 N–H and O–H groups in total. The summed E-state index contributed by atoms with van der Waals surface area (Å²) in [7, 11) is 0. The van der Waals surface area contributed by atoms with Crippen LogP contribution in [0, 0.1) is 51.2 Å². The summed E-state index contributed by atoms with van der Waals surface area (Å²) in [6.07, 6.45) is 1.91. The molecule has 5 heterocycles. The molecular formula is C47H44ClFN6O6. The Bertz CT molecular complexity index is 2590. The number of imide groups is 2. The molecule has 0 aromatic heterocycles. The second-order valence-corrected chi connectivity index (χ2v) is 19.6. The van der Waals surface area contributed by atoms with Crippen molar-refractivity contribution in [1.29, 1.82) is 5.26 Å². The topological polar surface area (TPSA) is 143 Å². The van der Waals surface area contributed by atoms with Crippen LogP contribution in [0.2, 0.25) is 5.02 Å². The number of fused-ring (bicyclic) bond motifs is 2. The maximum atomic E-state index is 15.4. The van der Waals surface area contributed by atoms with E-state index >= 15 is 4.39 Å². The van der Waals surface area contributed by atoms with Crippen LogP contribution in [0.3, 0.4) is 0 Å². The van der Waals surface area contributed by atoms with E-state index in [4.69, 9.17) is 16.3 Å². The fourth-order valence-electron chi connectivity index (χ4n) is 11.8. The number of anilines is 1. The van der Waals surface area contributed by atoms with Crippen molar-refractivity contribution in [3.63, 3.8) is 0 Å². The summed E-state index contributed by atoms with van der Waals surface area (Å²) >= 11 is 6.29. The molecule has 1 spiro atoms. The second-order valence-electron chi connectivity index (χ2n) is 19.2. The number of hydrogen-bond donors (Lipinski definition) is 1. The summed E-state index contributed by atoms with van der Waals surface area (Å²) in [5.41, 5.74) is 2.80. The van der Waals surface area contributed by atoms with E-state index in [0.29, 0.717) is 47.5 Å². The number of nitrogens with one attached hydrogen (secondary N) is 1. The molecule has 0 bridgehead atoms. The first-order valence-electron chi connectivity index (χ1n) is 20.8. The zero-order valence-electron chi connectivity index (χ0n) is 34.3. The predicted molar refractivity (Wildman–Crippen MR) is 221 cm³/mol. The third kappa shape index (κ3) is 6.06. The molecule has 2 saturated carbocycles. The van der Waals surface area contributed by atoms with Crippen molar-refractivity contribution in [2.24, 2.45) is 22.2 Å². The molecular weight excluding hydrogens is 799 g/mol. The minimum atomic E-state index is -1.10. The lowest BCUT2D eigenvalue weighted by Crippen LogP contribution is -2.74. The number of carbonyl (C=O) groups excluding carboxylic acids is 5. The monoisotopic (exact) mass is 842 g/mol. The summed E-state index contributed by atoms with van der Waals surface area (Å²) in [6, 6.07) is 14.7. The maximum Gasteiger partial charge on any atom is 0.262 e. The lowest BCUT2D eigenvalue weighted by Gasteiger charge is -2.65. The largest absolute Gasteiger partial charge is 0.489 e. The van der Waals surface area contributed by atoms with Gasteiger partial charge in [0.25, 0.3) is 17.7 Å². The van der Waals surface area contributed by atoms with Gasteiger partial charge >= 0.3 is 0 Å². The zero-order chi connectivity index (χ0) is 42.9. The zero-order valence-corrected chi connectivity index (χ0v) is 35.1. The van der Waals surface area contributed by atoms with E-state index in [0.717, 1.165) is 48.0 Å². The maximum absolute atomic E-state index is 15.4. The highest BCUT2D eigenvalue weighted by atomic mass is 35.5. The Balaban J connectivity index is 0.717. The molecule has 61 heavy (non-hydrogen) atoms. The van der Waals surface area contributed by atoms with Crippen LogP contribution in [0.1, 0.15) is 101 Å². The number of nitriles is 1. The predicted octanol–water partition coefficient (Wildman–Crippen LogP) is 5.54. The molecule has 3 aromatic carbocycles. The Kier molecular flexibility index (Phi) is 8.79. The molecule has 1 unspecified atom stereocenters. The fraction of sp³-hybridized carbons (Fsp3) is 0.447. The number of benzene rings is 3. The van der Waals surface area contributed by atoms with Crippen molar-refractivity contribution in [1.82, 2.24) is 20.0 Å². The highest BCUT2D eigenvalue weighted by molar-refractivity contribution is 6.31. The number of ether oxygens (including phenoxy) is 1. The third-order valence-electron chi connectivity index (χ3n) is 14.4. The Morgan fingerprint density at radius 2 is 1.59 bits per heavy atom. The number of likely N-dealkylation sites (tertiary alicyclic amines) is 1. The molecule has 3 saturated heterocycles. The van der Waals surface area contributed by atoms with Gasteiger partial charge < -0.3 is 14.5 Å². The van der Waals surface area contributed by atoms with Crippen LogP contribution in [0.15, 0.2) is 48.5 Å². The standard InChI is InChI=1S/C47H44ClFN6O6/c1-45(2)43(46(3,4)44(45)61-30-9-8-27(19-50)34(48)14-30)54-20-28-13-25(7-10-31(28)40(54)58)5-6-26-17-47(18-26)23-53(24-47)29-21-52(22-29)37-16-33-32(15-35(37)49)41(59)55(42(33)60)36-11-12-38(56)51-39(36)57/h7-10,13-16,26,29,36,43-44H,11-12,17-18,20-24H2,1-4H3,(H,51,56,57)/t36?,43-,44-. The molecule has 10 rings (SSSR count). The van der Waals surface area contributed by atoms with E-state index < -0.39 is 35.5 Å². The summed E-state index contributed by atoms with van der Waals surface area (Å²) < 4.78 is 21.8. The number of rotatable bonds is 6. The number of amides is 5. The van der Waals surface area contributed by atoms with Crippen LogP contribution < -0.4 is 15.0 Å². The molecule has 1 atom stereocenters. The summed E-state index contributed by atoms with van der Waals surface area (Å²) in [4.78, 5) is 71.4. The smallest absolute Gasteiger partial charge is 0.262 e. The summed E-state index contributed by atoms with van der Waals surface area (Å²) in [5.74, 6) is 4.69. The van der Waals surface area contributed by atoms with Crippen molar-refractivity contribution >= 4 is 46.8 Å². The first kappa shape index (κ1) is 39.4. The van der Waals surface area contributed by atoms with E-state index in [-0.39, 0.29) is 70.0 Å². The van der Waals surface area contributed by atoms with Gasteiger partial charge in [0.2, 0.25) is 11.8 Å². The van der Waals surface area contributed by atoms with Gasteiger partial charge in [0.1, 0.15) is 29.8 Å². The van der Waals surface area contributed by atoms with Crippen LogP contribution in [0.4, 0.5) is 10.1 Å². The summed E-state index contributed by atoms with van der Waals surface area (Å²) in [6.45, 7) is 12.2. The number of hydrogen-bond acceptors (Lipinski definition) is 9. The van der Waals surface area contributed by atoms with E-state index in [1.54, 1.807) is 18.2 Å². The SMILES string of the molecule is CC1(C)[C@H](Oc2ccc(C#N)c(Cl)c2)C(C)(C)[C@H]1N1Cc2cc(C#CC3CC4(C3)CN(C3CN(c5cc6c(cc5F)C(=O)N(C5CCC(=O)NC5=O)C6=O)C3)C4)ccc2C1=O. The Hall–Kier alpha value is -5.76. The van der Waals surface area contributed by atoms with Gasteiger partial charge in [-0.1, -0.05) is 51.1 Å². The van der Waals surface area contributed by atoms with Crippen LogP contribution in [0.5, 0.6) is 5.75 Å². The van der Waals surface area contributed by atoms with Crippen molar-refractivity contribution < 1.29 is 33.1 Å². The van der Waals surface area contributed by atoms with Crippen LogP contribution in [0.25, 0.3) is 0 Å². The first-order chi connectivity index (χ1) is 29.0. The third-order valence-corrected chi connectivity index (χ3v) is 14.7. The molecule has 5 aliphatic heterocycles. The number of carbonyl (C=O) groups is 5. The molecule has 2 aliphatic carbocycles. The molecule has 5 amide bonds. The molecule has 0 radical (unpaired) electrons.